The molecule has 5 nitrogen and oxygen atoms in total. The Bertz CT molecular complexity index is 794. The van der Waals surface area contributed by atoms with Gasteiger partial charge in [0.25, 0.3) is 0 Å². The first kappa shape index (κ1) is 16.6. The molecule has 8 heteroatoms. The lowest BCUT2D eigenvalue weighted by molar-refractivity contribution is 0.193. The second kappa shape index (κ2) is 6.56. The summed E-state index contributed by atoms with van der Waals surface area (Å²) < 4.78 is 25.4. The Morgan fingerprint density at radius 1 is 1.05 bits per heavy atom. The minimum absolute atomic E-state index is 0.0116. The number of hydrogen-bond donors (Lipinski definition) is 2. The zero-order valence-electron chi connectivity index (χ0n) is 11.0. The molecule has 1 atom stereocenters. The fraction of sp³-hybridized carbons (Fsp3) is 0.0714. The van der Waals surface area contributed by atoms with E-state index in [9.17, 15) is 13.2 Å². The lowest BCUT2D eigenvalue weighted by Gasteiger charge is -2.19. The van der Waals surface area contributed by atoms with Gasteiger partial charge in [-0.25, -0.2) is 13.2 Å². The van der Waals surface area contributed by atoms with Crippen molar-refractivity contribution in [1.82, 2.24) is 5.32 Å². The topological polar surface area (TPSA) is 83.5 Å². The van der Waals surface area contributed by atoms with Gasteiger partial charge < -0.3 is 10.4 Å². The molecule has 0 heterocycles. The molecule has 0 aromatic heterocycles. The number of carboxylic acid groups (broad SMARTS) is 1. The van der Waals surface area contributed by atoms with Crippen molar-refractivity contribution in [3.05, 3.63) is 64.1 Å². The Hall–Kier alpha value is -1.76. The standard InChI is InChI=1S/C14H11Cl2NO4S/c15-11-8-4-7-10(12(11)16)13(17-14(18)19)22(20,21)9-5-2-1-3-6-9/h1-8,13,17H,(H,18,19). The fourth-order valence-corrected chi connectivity index (χ4v) is 3.98. The van der Waals surface area contributed by atoms with Crippen LogP contribution in [0.4, 0.5) is 4.79 Å². The molecule has 2 N–H and O–H groups in total. The Labute approximate surface area is 137 Å². The fourth-order valence-electron chi connectivity index (χ4n) is 1.90. The highest BCUT2D eigenvalue weighted by Crippen LogP contribution is 2.35. The van der Waals surface area contributed by atoms with Crippen molar-refractivity contribution < 1.29 is 18.3 Å². The second-order valence-electron chi connectivity index (χ2n) is 4.33. The average Bonchev–Trinajstić information content (AvgIpc) is 2.48. The van der Waals surface area contributed by atoms with Gasteiger partial charge in [-0.2, -0.15) is 0 Å². The van der Waals surface area contributed by atoms with Crippen molar-refractivity contribution >= 4 is 39.1 Å². The first-order chi connectivity index (χ1) is 10.3. The van der Waals surface area contributed by atoms with Gasteiger partial charge in [-0.05, 0) is 18.2 Å². The van der Waals surface area contributed by atoms with Crippen molar-refractivity contribution in [3.8, 4) is 0 Å². The van der Waals surface area contributed by atoms with Gasteiger partial charge in [0.2, 0.25) is 9.84 Å². The van der Waals surface area contributed by atoms with E-state index in [0.717, 1.165) is 0 Å². The third kappa shape index (κ3) is 3.35. The van der Waals surface area contributed by atoms with Gasteiger partial charge in [0.05, 0.1) is 14.9 Å². The highest BCUT2D eigenvalue weighted by Gasteiger charge is 2.32. The smallest absolute Gasteiger partial charge is 0.405 e. The van der Waals surface area contributed by atoms with Crippen LogP contribution in [0.5, 0.6) is 0 Å². The van der Waals surface area contributed by atoms with Gasteiger partial charge in [0.15, 0.2) is 5.37 Å². The molecular weight excluding hydrogens is 349 g/mol. The van der Waals surface area contributed by atoms with E-state index >= 15 is 0 Å². The van der Waals surface area contributed by atoms with E-state index in [4.69, 9.17) is 28.3 Å². The molecule has 0 bridgehead atoms. The number of carbonyl (C=O) groups is 1. The number of hydrogen-bond acceptors (Lipinski definition) is 3. The quantitative estimate of drug-likeness (QED) is 0.870. The van der Waals surface area contributed by atoms with E-state index in [0.29, 0.717) is 0 Å². The molecule has 0 aliphatic carbocycles. The number of nitrogens with one attached hydrogen (secondary N) is 1. The molecule has 2 aromatic carbocycles. The molecule has 0 radical (unpaired) electrons. The molecule has 1 unspecified atom stereocenters. The van der Waals surface area contributed by atoms with Crippen LogP contribution < -0.4 is 5.32 Å². The summed E-state index contributed by atoms with van der Waals surface area (Å²) in [5, 5.41) is 9.52. The molecule has 0 fully saturated rings. The third-order valence-corrected chi connectivity index (χ3v) is 5.66. The molecule has 1 amide bonds. The predicted molar refractivity (Wildman–Crippen MR) is 84.0 cm³/mol. The zero-order chi connectivity index (χ0) is 16.3. The first-order valence-electron chi connectivity index (χ1n) is 6.06. The molecule has 2 rings (SSSR count). The molecular formula is C14H11Cl2NO4S. The summed E-state index contributed by atoms with van der Waals surface area (Å²) in [6, 6.07) is 11.9. The number of amides is 1. The molecule has 0 saturated heterocycles. The van der Waals surface area contributed by atoms with Crippen molar-refractivity contribution in [2.75, 3.05) is 0 Å². The van der Waals surface area contributed by atoms with E-state index in [2.05, 4.69) is 0 Å². The van der Waals surface area contributed by atoms with Gasteiger partial charge in [0.1, 0.15) is 0 Å². The minimum Gasteiger partial charge on any atom is -0.465 e. The Balaban J connectivity index is 2.61. The Morgan fingerprint density at radius 2 is 1.68 bits per heavy atom. The number of rotatable bonds is 4. The molecule has 0 spiro atoms. The maximum atomic E-state index is 12.7. The lowest BCUT2D eigenvalue weighted by Crippen LogP contribution is -2.33. The third-order valence-electron chi connectivity index (χ3n) is 2.90. The summed E-state index contributed by atoms with van der Waals surface area (Å²) in [6.07, 6.45) is -1.49. The number of benzene rings is 2. The summed E-state index contributed by atoms with van der Waals surface area (Å²) in [6.45, 7) is 0. The summed E-state index contributed by atoms with van der Waals surface area (Å²) in [7, 11) is -4.02. The highest BCUT2D eigenvalue weighted by molar-refractivity contribution is 7.91. The number of halogens is 2. The largest absolute Gasteiger partial charge is 0.465 e. The van der Waals surface area contributed by atoms with Crippen LogP contribution >= 0.6 is 23.2 Å². The van der Waals surface area contributed by atoms with E-state index in [1.165, 1.54) is 30.3 Å². The van der Waals surface area contributed by atoms with Crippen LogP contribution in [0.2, 0.25) is 10.0 Å². The molecule has 22 heavy (non-hydrogen) atoms. The molecule has 0 aliphatic rings. The van der Waals surface area contributed by atoms with E-state index in [1.807, 2.05) is 5.32 Å². The zero-order valence-corrected chi connectivity index (χ0v) is 13.4. The van der Waals surface area contributed by atoms with Crippen LogP contribution in [0.3, 0.4) is 0 Å². The minimum atomic E-state index is -4.02. The SMILES string of the molecule is O=C(O)NC(c1cccc(Cl)c1Cl)S(=O)(=O)c1ccccc1. The molecule has 2 aromatic rings. The summed E-state index contributed by atoms with van der Waals surface area (Å²) >= 11 is 11.9. The summed E-state index contributed by atoms with van der Waals surface area (Å²) in [5.41, 5.74) is 0.0698. The first-order valence-corrected chi connectivity index (χ1v) is 8.36. The highest BCUT2D eigenvalue weighted by atomic mass is 35.5. The van der Waals surface area contributed by atoms with Crippen LogP contribution in [0.1, 0.15) is 10.9 Å². The predicted octanol–water partition coefficient (Wildman–Crippen LogP) is 3.73. The van der Waals surface area contributed by atoms with Crippen LogP contribution in [0.15, 0.2) is 53.4 Å². The van der Waals surface area contributed by atoms with E-state index < -0.39 is 21.3 Å². The molecule has 116 valence electrons. The molecule has 0 aliphatic heterocycles. The average molecular weight is 360 g/mol. The maximum absolute atomic E-state index is 12.7. The maximum Gasteiger partial charge on any atom is 0.405 e. The Morgan fingerprint density at radius 3 is 2.27 bits per heavy atom. The van der Waals surface area contributed by atoms with Crippen LogP contribution in [0, 0.1) is 0 Å². The van der Waals surface area contributed by atoms with Crippen LogP contribution in [-0.2, 0) is 9.84 Å². The van der Waals surface area contributed by atoms with Gasteiger partial charge >= 0.3 is 6.09 Å². The van der Waals surface area contributed by atoms with Crippen LogP contribution in [-0.4, -0.2) is 19.6 Å². The van der Waals surface area contributed by atoms with Gasteiger partial charge in [-0.3, -0.25) is 0 Å². The normalized spacial score (nSPS) is 12.6. The Kier molecular flexibility index (Phi) is 4.95. The van der Waals surface area contributed by atoms with Crippen molar-refractivity contribution in [1.29, 1.82) is 0 Å². The molecule has 0 saturated carbocycles. The van der Waals surface area contributed by atoms with E-state index in [-0.39, 0.29) is 20.5 Å². The lowest BCUT2D eigenvalue weighted by atomic mass is 10.2. The summed E-state index contributed by atoms with van der Waals surface area (Å²) in [4.78, 5) is 11.0. The van der Waals surface area contributed by atoms with Gasteiger partial charge in [-0.15, -0.1) is 0 Å². The van der Waals surface area contributed by atoms with Crippen molar-refractivity contribution in [2.24, 2.45) is 0 Å². The second-order valence-corrected chi connectivity index (χ2v) is 7.15. The van der Waals surface area contributed by atoms with Crippen molar-refractivity contribution in [2.45, 2.75) is 10.3 Å². The van der Waals surface area contributed by atoms with Crippen molar-refractivity contribution in [3.63, 3.8) is 0 Å². The summed E-state index contributed by atoms with van der Waals surface area (Å²) in [5.74, 6) is 0. The van der Waals surface area contributed by atoms with E-state index in [1.54, 1.807) is 18.2 Å². The monoisotopic (exact) mass is 359 g/mol. The van der Waals surface area contributed by atoms with Gasteiger partial charge in [0, 0.05) is 5.56 Å². The van der Waals surface area contributed by atoms with Gasteiger partial charge in [-0.1, -0.05) is 53.5 Å². The number of sulfone groups is 1. The van der Waals surface area contributed by atoms with Crippen LogP contribution in [0.25, 0.3) is 0 Å².